The van der Waals surface area contributed by atoms with E-state index in [4.69, 9.17) is 4.42 Å². The van der Waals surface area contributed by atoms with Crippen LogP contribution in [0.25, 0.3) is 11.4 Å². The van der Waals surface area contributed by atoms with Gasteiger partial charge >= 0.3 is 0 Å². The minimum Gasteiger partial charge on any atom is -0.467 e. The maximum Gasteiger partial charge on any atom is 0.267 e. The van der Waals surface area contributed by atoms with Crippen molar-refractivity contribution in [2.75, 3.05) is 0 Å². The molecule has 150 valence electrons. The Morgan fingerprint density at radius 3 is 2.93 bits per heavy atom. The average molecular weight is 422 g/mol. The van der Waals surface area contributed by atoms with E-state index in [0.717, 1.165) is 10.6 Å². The maximum atomic E-state index is 13.4. The van der Waals surface area contributed by atoms with Gasteiger partial charge < -0.3 is 4.42 Å². The van der Waals surface area contributed by atoms with Gasteiger partial charge in [0.25, 0.3) is 5.91 Å². The van der Waals surface area contributed by atoms with Crippen LogP contribution < -0.4 is 0 Å². The first-order valence-electron chi connectivity index (χ1n) is 9.18. The number of hydrogen-bond donors (Lipinski definition) is 0. The van der Waals surface area contributed by atoms with E-state index in [1.165, 1.54) is 21.9 Å². The number of carbonyl (C=O) groups is 1. The van der Waals surface area contributed by atoms with Gasteiger partial charge in [0.05, 0.1) is 16.9 Å². The highest BCUT2D eigenvalue weighted by atomic mass is 32.1. The summed E-state index contributed by atoms with van der Waals surface area (Å²) in [5, 5.41) is 20.0. The monoisotopic (exact) mass is 422 g/mol. The van der Waals surface area contributed by atoms with Gasteiger partial charge in [-0.15, -0.1) is 21.5 Å². The lowest BCUT2D eigenvalue weighted by atomic mass is 10.1. The SMILES string of the molecule is O=C(Cn1nnc(-c2cccc(F)c2)n1)N1N=C(c2cccs2)C[C@H]1c1ccco1. The second-order valence-electron chi connectivity index (χ2n) is 6.65. The van der Waals surface area contributed by atoms with Crippen LogP contribution in [-0.4, -0.2) is 36.8 Å². The summed E-state index contributed by atoms with van der Waals surface area (Å²) < 4.78 is 19.0. The molecule has 1 atom stereocenters. The van der Waals surface area contributed by atoms with Gasteiger partial charge in [-0.2, -0.15) is 9.90 Å². The molecule has 0 saturated carbocycles. The summed E-state index contributed by atoms with van der Waals surface area (Å²) in [5.41, 5.74) is 1.31. The molecule has 0 fully saturated rings. The van der Waals surface area contributed by atoms with Gasteiger partial charge in [-0.1, -0.05) is 18.2 Å². The zero-order chi connectivity index (χ0) is 20.5. The molecule has 4 heterocycles. The number of benzene rings is 1. The van der Waals surface area contributed by atoms with Crippen LogP contribution >= 0.6 is 11.3 Å². The van der Waals surface area contributed by atoms with E-state index < -0.39 is 5.82 Å². The predicted molar refractivity (Wildman–Crippen MR) is 107 cm³/mol. The number of nitrogens with zero attached hydrogens (tertiary/aromatic N) is 6. The molecule has 1 amide bonds. The number of aromatic nitrogens is 4. The Balaban J connectivity index is 1.38. The second kappa shape index (κ2) is 7.64. The van der Waals surface area contributed by atoms with Gasteiger partial charge in [0.1, 0.15) is 24.2 Å². The van der Waals surface area contributed by atoms with Gasteiger partial charge in [-0.25, -0.2) is 9.40 Å². The number of furan rings is 1. The third-order valence-corrected chi connectivity index (χ3v) is 5.57. The first-order valence-corrected chi connectivity index (χ1v) is 10.1. The van der Waals surface area contributed by atoms with E-state index in [9.17, 15) is 9.18 Å². The molecule has 0 bridgehead atoms. The van der Waals surface area contributed by atoms with E-state index in [0.29, 0.717) is 17.7 Å². The highest BCUT2D eigenvalue weighted by molar-refractivity contribution is 7.12. The molecule has 8 nitrogen and oxygen atoms in total. The molecule has 0 saturated heterocycles. The van der Waals surface area contributed by atoms with Crippen molar-refractivity contribution >= 4 is 23.0 Å². The van der Waals surface area contributed by atoms with Crippen LogP contribution in [0.1, 0.15) is 23.1 Å². The lowest BCUT2D eigenvalue weighted by Gasteiger charge is -2.19. The quantitative estimate of drug-likeness (QED) is 0.491. The molecule has 5 rings (SSSR count). The van der Waals surface area contributed by atoms with E-state index in [-0.39, 0.29) is 24.3 Å². The Kier molecular flexibility index (Phi) is 4.68. The van der Waals surface area contributed by atoms with Crippen molar-refractivity contribution < 1.29 is 13.6 Å². The number of hydrogen-bond acceptors (Lipinski definition) is 7. The van der Waals surface area contributed by atoms with Crippen LogP contribution in [0.3, 0.4) is 0 Å². The van der Waals surface area contributed by atoms with Crippen molar-refractivity contribution in [3.05, 3.63) is 76.6 Å². The summed E-state index contributed by atoms with van der Waals surface area (Å²) in [4.78, 5) is 15.2. The molecule has 0 spiro atoms. The van der Waals surface area contributed by atoms with Crippen molar-refractivity contribution in [2.45, 2.75) is 19.0 Å². The van der Waals surface area contributed by atoms with E-state index in [1.54, 1.807) is 35.8 Å². The smallest absolute Gasteiger partial charge is 0.267 e. The molecule has 3 aromatic heterocycles. The molecule has 1 aromatic carbocycles. The summed E-state index contributed by atoms with van der Waals surface area (Å²) in [6, 6.07) is 13.1. The zero-order valence-electron chi connectivity index (χ0n) is 15.6. The van der Waals surface area contributed by atoms with E-state index in [2.05, 4.69) is 20.5 Å². The molecule has 0 radical (unpaired) electrons. The number of amides is 1. The number of hydrazone groups is 1. The molecule has 0 unspecified atom stereocenters. The third-order valence-electron chi connectivity index (χ3n) is 4.66. The molecule has 0 N–H and O–H groups in total. The number of halogens is 1. The molecular formula is C20H15FN6O2S. The Hall–Kier alpha value is -3.66. The Bertz CT molecular complexity index is 1200. The average Bonchev–Trinajstić information content (AvgIpc) is 3.54. The summed E-state index contributed by atoms with van der Waals surface area (Å²) in [5.74, 6) is 0.208. The summed E-state index contributed by atoms with van der Waals surface area (Å²) in [7, 11) is 0. The normalized spacial score (nSPS) is 16.1. The van der Waals surface area contributed by atoms with Crippen molar-refractivity contribution in [3.63, 3.8) is 0 Å². The van der Waals surface area contributed by atoms with Crippen LogP contribution in [0, 0.1) is 5.82 Å². The van der Waals surface area contributed by atoms with Crippen LogP contribution in [0.5, 0.6) is 0 Å². The highest BCUT2D eigenvalue weighted by Gasteiger charge is 2.35. The van der Waals surface area contributed by atoms with Gasteiger partial charge in [0, 0.05) is 12.0 Å². The Morgan fingerprint density at radius 1 is 1.23 bits per heavy atom. The largest absolute Gasteiger partial charge is 0.467 e. The van der Waals surface area contributed by atoms with E-state index in [1.807, 2.05) is 23.6 Å². The number of rotatable bonds is 5. The molecular weight excluding hydrogens is 407 g/mol. The van der Waals surface area contributed by atoms with Gasteiger partial charge in [0.15, 0.2) is 0 Å². The van der Waals surface area contributed by atoms with Gasteiger partial charge in [0.2, 0.25) is 5.82 Å². The highest BCUT2D eigenvalue weighted by Crippen LogP contribution is 2.34. The number of thiophene rings is 1. The van der Waals surface area contributed by atoms with Gasteiger partial charge in [-0.05, 0) is 40.9 Å². The molecule has 10 heteroatoms. The maximum absolute atomic E-state index is 13.4. The first-order chi connectivity index (χ1) is 14.7. The summed E-state index contributed by atoms with van der Waals surface area (Å²) in [6.07, 6.45) is 2.13. The zero-order valence-corrected chi connectivity index (χ0v) is 16.4. The van der Waals surface area contributed by atoms with Crippen molar-refractivity contribution in [2.24, 2.45) is 5.10 Å². The molecule has 1 aliphatic rings. The standard InChI is InChI=1S/C20H15FN6O2S/c21-14-5-1-4-13(10-14)20-22-25-26(24-20)12-19(28)27-16(17-6-2-8-29-17)11-15(23-27)18-7-3-9-30-18/h1-10,16H,11-12H2/t16-/m0/s1. The second-order valence-corrected chi connectivity index (χ2v) is 7.60. The molecule has 4 aromatic rings. The lowest BCUT2D eigenvalue weighted by Crippen LogP contribution is -2.31. The first kappa shape index (κ1) is 18.4. The Labute approximate surface area is 174 Å². The van der Waals surface area contributed by atoms with Crippen molar-refractivity contribution in [3.8, 4) is 11.4 Å². The predicted octanol–water partition coefficient (Wildman–Crippen LogP) is 3.51. The van der Waals surface area contributed by atoms with Crippen LogP contribution in [-0.2, 0) is 11.3 Å². The topological polar surface area (TPSA) is 89.4 Å². The van der Waals surface area contributed by atoms with Crippen molar-refractivity contribution in [1.82, 2.24) is 25.2 Å². The van der Waals surface area contributed by atoms with Gasteiger partial charge in [-0.3, -0.25) is 4.79 Å². The lowest BCUT2D eigenvalue weighted by molar-refractivity contribution is -0.134. The van der Waals surface area contributed by atoms with Crippen molar-refractivity contribution in [1.29, 1.82) is 0 Å². The number of carbonyl (C=O) groups excluding carboxylic acids is 1. The van der Waals surface area contributed by atoms with E-state index >= 15 is 0 Å². The fourth-order valence-electron chi connectivity index (χ4n) is 3.28. The third kappa shape index (κ3) is 3.52. The minimum absolute atomic E-state index is 0.152. The summed E-state index contributed by atoms with van der Waals surface area (Å²) in [6.45, 7) is -0.152. The molecule has 30 heavy (non-hydrogen) atoms. The number of tetrazole rings is 1. The minimum atomic E-state index is -0.395. The Morgan fingerprint density at radius 2 is 2.17 bits per heavy atom. The fraction of sp³-hybridized carbons (Fsp3) is 0.150. The molecule has 1 aliphatic heterocycles. The van der Waals surface area contributed by atoms with Crippen LogP contribution in [0.4, 0.5) is 4.39 Å². The fourth-order valence-corrected chi connectivity index (χ4v) is 4.00. The molecule has 0 aliphatic carbocycles. The summed E-state index contributed by atoms with van der Waals surface area (Å²) >= 11 is 1.57. The van der Waals surface area contributed by atoms with Crippen LogP contribution in [0.2, 0.25) is 0 Å². The van der Waals surface area contributed by atoms with Crippen LogP contribution in [0.15, 0.2) is 69.7 Å².